The van der Waals surface area contributed by atoms with Crippen LogP contribution in [0.4, 0.5) is 0 Å². The first kappa shape index (κ1) is 22.7. The molecular weight excluding hydrogens is 370 g/mol. The Hall–Kier alpha value is -0.370. The molecule has 0 aliphatic heterocycles. The first-order chi connectivity index (χ1) is 12.3. The maximum atomic E-state index is 4.44. The third-order valence-corrected chi connectivity index (χ3v) is 5.82. The number of halogens is 1. The van der Waals surface area contributed by atoms with Crippen molar-refractivity contribution >= 4 is 15.9 Å². The van der Waals surface area contributed by atoms with Gasteiger partial charge in [0.2, 0.25) is 0 Å². The summed E-state index contributed by atoms with van der Waals surface area (Å²) < 4.78 is 1.16. The molecule has 1 rings (SSSR count). The minimum atomic E-state index is 1.11. The van der Waals surface area contributed by atoms with Crippen molar-refractivity contribution in [3.63, 3.8) is 0 Å². The number of hydrogen-bond acceptors (Lipinski definition) is 1. The zero-order valence-electron chi connectivity index (χ0n) is 16.6. The second-order valence-corrected chi connectivity index (χ2v) is 8.34. The van der Waals surface area contributed by atoms with E-state index in [1.165, 1.54) is 108 Å². The molecule has 0 unspecified atom stereocenters. The third kappa shape index (κ3) is 13.5. The van der Waals surface area contributed by atoms with Gasteiger partial charge in [0.25, 0.3) is 0 Å². The van der Waals surface area contributed by atoms with Crippen molar-refractivity contribution in [2.24, 2.45) is 0 Å². The van der Waals surface area contributed by atoms with Gasteiger partial charge >= 0.3 is 0 Å². The Bertz CT molecular complexity index is 405. The van der Waals surface area contributed by atoms with Gasteiger partial charge < -0.3 is 0 Å². The molecule has 0 fully saturated rings. The van der Waals surface area contributed by atoms with Gasteiger partial charge in [0, 0.05) is 10.7 Å². The fourth-order valence-electron chi connectivity index (χ4n) is 3.44. The van der Waals surface area contributed by atoms with E-state index >= 15 is 0 Å². The van der Waals surface area contributed by atoms with Gasteiger partial charge in [-0.3, -0.25) is 4.98 Å². The predicted octanol–water partition coefficient (Wildman–Crippen LogP) is 8.65. The van der Waals surface area contributed by atoms with Crippen molar-refractivity contribution < 1.29 is 0 Å². The lowest BCUT2D eigenvalue weighted by Crippen LogP contribution is -1.91. The van der Waals surface area contributed by atoms with E-state index in [4.69, 9.17) is 0 Å². The number of aromatic nitrogens is 1. The predicted molar refractivity (Wildman–Crippen MR) is 115 cm³/mol. The average Bonchev–Trinajstić information content (AvgIpc) is 2.63. The highest BCUT2D eigenvalue weighted by Crippen LogP contribution is 2.17. The van der Waals surface area contributed by atoms with Crippen LogP contribution in [0.1, 0.15) is 115 Å². The van der Waals surface area contributed by atoms with Crippen molar-refractivity contribution in [3.05, 3.63) is 28.5 Å². The first-order valence-corrected chi connectivity index (χ1v) is 11.7. The van der Waals surface area contributed by atoms with Crippen molar-refractivity contribution in [2.75, 3.05) is 0 Å². The van der Waals surface area contributed by atoms with Gasteiger partial charge in [0.15, 0.2) is 0 Å². The summed E-state index contributed by atoms with van der Waals surface area (Å²) in [6.07, 6.45) is 25.8. The van der Waals surface area contributed by atoms with E-state index in [1.807, 2.05) is 12.3 Å². The van der Waals surface area contributed by atoms with Crippen LogP contribution in [0.25, 0.3) is 0 Å². The Morgan fingerprint density at radius 3 is 1.56 bits per heavy atom. The largest absolute Gasteiger partial charge is 0.260 e. The summed E-state index contributed by atoms with van der Waals surface area (Å²) in [7, 11) is 0. The van der Waals surface area contributed by atoms with Crippen LogP contribution in [-0.4, -0.2) is 4.98 Å². The maximum Gasteiger partial charge on any atom is 0.0545 e. The summed E-state index contributed by atoms with van der Waals surface area (Å²) in [4.78, 5) is 4.44. The molecule has 1 aromatic rings. The molecule has 144 valence electrons. The van der Waals surface area contributed by atoms with Crippen molar-refractivity contribution in [3.8, 4) is 0 Å². The van der Waals surface area contributed by atoms with Gasteiger partial charge in [-0.05, 0) is 40.9 Å². The summed E-state index contributed by atoms with van der Waals surface area (Å²) in [6.45, 7) is 2.29. The molecule has 0 spiro atoms. The summed E-state index contributed by atoms with van der Waals surface area (Å²) in [6, 6.07) is 4.08. The Morgan fingerprint density at radius 1 is 0.680 bits per heavy atom. The van der Waals surface area contributed by atoms with Crippen LogP contribution in [0.15, 0.2) is 22.8 Å². The number of rotatable bonds is 17. The van der Waals surface area contributed by atoms with Crippen LogP contribution in [0.5, 0.6) is 0 Å². The normalized spacial score (nSPS) is 11.1. The highest BCUT2D eigenvalue weighted by molar-refractivity contribution is 9.10. The molecule has 1 heterocycles. The van der Waals surface area contributed by atoms with Crippen molar-refractivity contribution in [1.29, 1.82) is 0 Å². The molecule has 0 amide bonds. The number of nitrogens with zero attached hydrogens (tertiary/aromatic N) is 1. The molecule has 0 atom stereocenters. The Labute approximate surface area is 165 Å². The fraction of sp³-hybridized carbons (Fsp3) is 0.783. The zero-order valence-corrected chi connectivity index (χ0v) is 18.2. The monoisotopic (exact) mass is 409 g/mol. The van der Waals surface area contributed by atoms with E-state index in [1.54, 1.807) is 0 Å². The van der Waals surface area contributed by atoms with Crippen molar-refractivity contribution in [2.45, 2.75) is 116 Å². The Balaban J connectivity index is 1.75. The molecule has 0 radical (unpaired) electrons. The lowest BCUT2D eigenvalue weighted by atomic mass is 10.0. The lowest BCUT2D eigenvalue weighted by Gasteiger charge is -2.04. The SMILES string of the molecule is CCCCCCCCCCCCCCCCCCc1ncccc1Br. The number of hydrogen-bond donors (Lipinski definition) is 0. The van der Waals surface area contributed by atoms with Crippen LogP contribution in [0, 0.1) is 0 Å². The van der Waals surface area contributed by atoms with Gasteiger partial charge in [-0.1, -0.05) is 103 Å². The van der Waals surface area contributed by atoms with Gasteiger partial charge in [0.05, 0.1) is 5.69 Å². The topological polar surface area (TPSA) is 12.9 Å². The van der Waals surface area contributed by atoms with E-state index in [-0.39, 0.29) is 0 Å². The fourth-order valence-corrected chi connectivity index (χ4v) is 3.90. The summed E-state index contributed by atoms with van der Waals surface area (Å²) >= 11 is 3.58. The van der Waals surface area contributed by atoms with E-state index in [2.05, 4.69) is 33.9 Å². The molecule has 0 saturated heterocycles. The van der Waals surface area contributed by atoms with Crippen LogP contribution in [0.2, 0.25) is 0 Å². The minimum Gasteiger partial charge on any atom is -0.260 e. The molecule has 2 heteroatoms. The molecule has 0 saturated carbocycles. The highest BCUT2D eigenvalue weighted by Gasteiger charge is 2.00. The number of pyridine rings is 1. The van der Waals surface area contributed by atoms with E-state index < -0.39 is 0 Å². The molecule has 25 heavy (non-hydrogen) atoms. The molecule has 0 aromatic carbocycles. The van der Waals surface area contributed by atoms with Crippen molar-refractivity contribution in [1.82, 2.24) is 4.98 Å². The molecule has 0 aliphatic carbocycles. The molecule has 1 aromatic heterocycles. The van der Waals surface area contributed by atoms with Crippen LogP contribution in [0.3, 0.4) is 0 Å². The number of aryl methyl sites for hydroxylation is 1. The smallest absolute Gasteiger partial charge is 0.0545 e. The molecule has 0 bridgehead atoms. The van der Waals surface area contributed by atoms with Gasteiger partial charge in [-0.15, -0.1) is 0 Å². The standard InChI is InChI=1S/C23H40BrN/c1-2-3-4-5-6-7-8-9-10-11-12-13-14-15-16-17-20-23-22(24)19-18-21-25-23/h18-19,21H,2-17,20H2,1H3. The van der Waals surface area contributed by atoms with Crippen LogP contribution < -0.4 is 0 Å². The average molecular weight is 410 g/mol. The Morgan fingerprint density at radius 2 is 1.12 bits per heavy atom. The van der Waals surface area contributed by atoms with E-state index in [9.17, 15) is 0 Å². The summed E-state index contributed by atoms with van der Waals surface area (Å²) in [5, 5.41) is 0. The quantitative estimate of drug-likeness (QED) is 0.234. The van der Waals surface area contributed by atoms with Crippen LogP contribution in [-0.2, 0) is 6.42 Å². The molecule has 1 nitrogen and oxygen atoms in total. The highest BCUT2D eigenvalue weighted by atomic mass is 79.9. The van der Waals surface area contributed by atoms with E-state index in [0.29, 0.717) is 0 Å². The second-order valence-electron chi connectivity index (χ2n) is 7.49. The van der Waals surface area contributed by atoms with E-state index in [0.717, 1.165) is 10.9 Å². The minimum absolute atomic E-state index is 1.11. The lowest BCUT2D eigenvalue weighted by molar-refractivity contribution is 0.529. The second kappa shape index (κ2) is 17.1. The zero-order chi connectivity index (χ0) is 18.0. The van der Waals surface area contributed by atoms with Gasteiger partial charge in [0.1, 0.15) is 0 Å². The Kier molecular flexibility index (Phi) is 15.5. The third-order valence-electron chi connectivity index (χ3n) is 5.10. The van der Waals surface area contributed by atoms with Gasteiger partial charge in [-0.2, -0.15) is 0 Å². The first-order valence-electron chi connectivity index (χ1n) is 10.9. The molecule has 0 N–H and O–H groups in total. The summed E-state index contributed by atoms with van der Waals surface area (Å²) in [5.74, 6) is 0. The summed E-state index contributed by atoms with van der Waals surface area (Å²) in [5.41, 5.74) is 1.22. The van der Waals surface area contributed by atoms with Gasteiger partial charge in [-0.25, -0.2) is 0 Å². The molecular formula is C23H40BrN. The maximum absolute atomic E-state index is 4.44. The number of unbranched alkanes of at least 4 members (excludes halogenated alkanes) is 15. The van der Waals surface area contributed by atoms with Crippen LogP contribution >= 0.6 is 15.9 Å². The molecule has 0 aliphatic rings.